The lowest BCUT2D eigenvalue weighted by molar-refractivity contribution is 0.0150. The first-order chi connectivity index (χ1) is 8.04. The van der Waals surface area contributed by atoms with Crippen molar-refractivity contribution in [2.24, 2.45) is 5.92 Å². The van der Waals surface area contributed by atoms with Gasteiger partial charge in [0, 0.05) is 25.7 Å². The molecule has 1 heterocycles. The number of likely N-dealkylation sites (tertiary alicyclic amines) is 1. The van der Waals surface area contributed by atoms with Gasteiger partial charge in [0.2, 0.25) is 0 Å². The van der Waals surface area contributed by atoms with Gasteiger partial charge in [0.15, 0.2) is 0 Å². The number of rotatable bonds is 6. The first-order valence-corrected chi connectivity index (χ1v) is 7.04. The lowest BCUT2D eigenvalue weighted by Crippen LogP contribution is -2.48. The fourth-order valence-corrected chi connectivity index (χ4v) is 2.53. The molecule has 1 aliphatic rings. The second-order valence-electron chi connectivity index (χ2n) is 5.75. The first-order valence-electron chi connectivity index (χ1n) is 7.04. The van der Waals surface area contributed by atoms with E-state index in [0.29, 0.717) is 18.2 Å². The van der Waals surface area contributed by atoms with E-state index in [-0.39, 0.29) is 0 Å². The summed E-state index contributed by atoms with van der Waals surface area (Å²) in [5, 5.41) is 3.56. The lowest BCUT2D eigenvalue weighted by atomic mass is 9.95. The number of hydrogen-bond donors (Lipinski definition) is 1. The summed E-state index contributed by atoms with van der Waals surface area (Å²) in [6.45, 7) is 12.5. The van der Waals surface area contributed by atoms with Crippen molar-refractivity contribution in [3.05, 3.63) is 0 Å². The van der Waals surface area contributed by atoms with E-state index >= 15 is 0 Å². The fourth-order valence-electron chi connectivity index (χ4n) is 2.53. The number of ether oxygens (including phenoxy) is 1. The van der Waals surface area contributed by atoms with Crippen LogP contribution in [0.4, 0.5) is 0 Å². The molecule has 1 rings (SSSR count). The molecule has 0 amide bonds. The minimum atomic E-state index is 0.326. The molecule has 0 aromatic rings. The molecule has 17 heavy (non-hydrogen) atoms. The minimum Gasteiger partial charge on any atom is -0.380 e. The molecule has 1 saturated heterocycles. The minimum absolute atomic E-state index is 0.326. The van der Waals surface area contributed by atoms with Crippen molar-refractivity contribution in [1.29, 1.82) is 0 Å². The largest absolute Gasteiger partial charge is 0.380 e. The fraction of sp³-hybridized carbons (Fsp3) is 1.00. The van der Waals surface area contributed by atoms with Gasteiger partial charge in [-0.2, -0.15) is 0 Å². The van der Waals surface area contributed by atoms with Crippen LogP contribution in [0.3, 0.4) is 0 Å². The first kappa shape index (κ1) is 14.9. The van der Waals surface area contributed by atoms with E-state index < -0.39 is 0 Å². The van der Waals surface area contributed by atoms with Gasteiger partial charge in [0.1, 0.15) is 0 Å². The molecule has 1 aliphatic heterocycles. The summed E-state index contributed by atoms with van der Waals surface area (Å²) in [5.41, 5.74) is 0. The molecule has 3 unspecified atom stereocenters. The van der Waals surface area contributed by atoms with E-state index in [0.717, 1.165) is 12.5 Å². The standard InChI is InChI=1S/C14H30N2O/c1-11(2)15-9-14-7-6-8-16(10-14)12(3)13(4)17-5/h11-15H,6-10H2,1-5H3. The number of hydrogen-bond acceptors (Lipinski definition) is 3. The molecule has 0 spiro atoms. The normalized spacial score (nSPS) is 26.1. The predicted molar refractivity (Wildman–Crippen MR) is 73.4 cm³/mol. The molecule has 102 valence electrons. The Morgan fingerprint density at radius 2 is 2.00 bits per heavy atom. The number of nitrogens with one attached hydrogen (secondary N) is 1. The van der Waals surface area contributed by atoms with E-state index in [2.05, 4.69) is 37.9 Å². The highest BCUT2D eigenvalue weighted by atomic mass is 16.5. The molecule has 0 aliphatic carbocycles. The van der Waals surface area contributed by atoms with Gasteiger partial charge in [-0.05, 0) is 45.7 Å². The summed E-state index contributed by atoms with van der Waals surface area (Å²) < 4.78 is 5.44. The van der Waals surface area contributed by atoms with Crippen molar-refractivity contribution < 1.29 is 4.74 Å². The maximum Gasteiger partial charge on any atom is 0.0695 e. The zero-order valence-electron chi connectivity index (χ0n) is 12.2. The second kappa shape index (κ2) is 7.34. The Bertz CT molecular complexity index is 208. The number of piperidine rings is 1. The van der Waals surface area contributed by atoms with Crippen LogP contribution in [0.5, 0.6) is 0 Å². The molecular weight excluding hydrogens is 212 g/mol. The zero-order chi connectivity index (χ0) is 12.8. The Labute approximate surface area is 107 Å². The van der Waals surface area contributed by atoms with E-state index in [9.17, 15) is 0 Å². The van der Waals surface area contributed by atoms with Crippen molar-refractivity contribution in [2.45, 2.75) is 58.7 Å². The van der Waals surface area contributed by atoms with Gasteiger partial charge in [-0.15, -0.1) is 0 Å². The molecule has 3 nitrogen and oxygen atoms in total. The molecule has 0 saturated carbocycles. The van der Waals surface area contributed by atoms with Gasteiger partial charge in [-0.1, -0.05) is 13.8 Å². The van der Waals surface area contributed by atoms with Crippen molar-refractivity contribution in [2.75, 3.05) is 26.7 Å². The average Bonchev–Trinajstić information content (AvgIpc) is 2.34. The molecule has 0 aromatic carbocycles. The molecule has 0 aromatic heterocycles. The molecule has 1 fully saturated rings. The smallest absolute Gasteiger partial charge is 0.0695 e. The van der Waals surface area contributed by atoms with Gasteiger partial charge in [-0.3, -0.25) is 4.90 Å². The Kier molecular flexibility index (Phi) is 6.45. The third-order valence-corrected chi connectivity index (χ3v) is 3.99. The number of nitrogens with zero attached hydrogens (tertiary/aromatic N) is 1. The number of methoxy groups -OCH3 is 1. The van der Waals surface area contributed by atoms with Crippen LogP contribution in [0.25, 0.3) is 0 Å². The second-order valence-corrected chi connectivity index (χ2v) is 5.75. The monoisotopic (exact) mass is 242 g/mol. The molecule has 3 heteroatoms. The third-order valence-electron chi connectivity index (χ3n) is 3.99. The highest BCUT2D eigenvalue weighted by molar-refractivity contribution is 4.81. The van der Waals surface area contributed by atoms with Gasteiger partial charge < -0.3 is 10.1 Å². The summed E-state index contributed by atoms with van der Waals surface area (Å²) in [6, 6.07) is 1.13. The van der Waals surface area contributed by atoms with Crippen molar-refractivity contribution in [3.63, 3.8) is 0 Å². The highest BCUT2D eigenvalue weighted by Gasteiger charge is 2.26. The Morgan fingerprint density at radius 1 is 1.29 bits per heavy atom. The molecule has 1 N–H and O–H groups in total. The Balaban J connectivity index is 2.37. The summed E-state index contributed by atoms with van der Waals surface area (Å²) in [5.74, 6) is 0.803. The van der Waals surface area contributed by atoms with E-state index in [1.165, 1.54) is 25.9 Å². The van der Waals surface area contributed by atoms with Crippen LogP contribution in [0, 0.1) is 5.92 Å². The summed E-state index contributed by atoms with van der Waals surface area (Å²) in [6.07, 6.45) is 3.02. The Morgan fingerprint density at radius 3 is 2.59 bits per heavy atom. The van der Waals surface area contributed by atoms with Gasteiger partial charge >= 0.3 is 0 Å². The molecule has 3 atom stereocenters. The van der Waals surface area contributed by atoms with E-state index in [1.807, 2.05) is 7.11 Å². The van der Waals surface area contributed by atoms with Gasteiger partial charge in [0.05, 0.1) is 6.10 Å². The van der Waals surface area contributed by atoms with Crippen LogP contribution in [0.15, 0.2) is 0 Å². The lowest BCUT2D eigenvalue weighted by Gasteiger charge is -2.39. The SMILES string of the molecule is COC(C)C(C)N1CCCC(CNC(C)C)C1. The zero-order valence-corrected chi connectivity index (χ0v) is 12.2. The summed E-state index contributed by atoms with van der Waals surface area (Å²) in [4.78, 5) is 2.59. The Hall–Kier alpha value is -0.120. The molecule has 0 bridgehead atoms. The van der Waals surface area contributed by atoms with Crippen LogP contribution in [0.1, 0.15) is 40.5 Å². The van der Waals surface area contributed by atoms with Crippen LogP contribution in [-0.4, -0.2) is 49.8 Å². The predicted octanol–water partition coefficient (Wildman–Crippen LogP) is 2.12. The maximum atomic E-state index is 5.44. The average molecular weight is 242 g/mol. The molecule has 0 radical (unpaired) electrons. The van der Waals surface area contributed by atoms with E-state index in [1.54, 1.807) is 0 Å². The van der Waals surface area contributed by atoms with Crippen LogP contribution < -0.4 is 5.32 Å². The summed E-state index contributed by atoms with van der Waals surface area (Å²) >= 11 is 0. The third kappa shape index (κ3) is 4.94. The quantitative estimate of drug-likeness (QED) is 0.772. The van der Waals surface area contributed by atoms with Crippen LogP contribution in [-0.2, 0) is 4.74 Å². The van der Waals surface area contributed by atoms with Crippen molar-refractivity contribution in [1.82, 2.24) is 10.2 Å². The van der Waals surface area contributed by atoms with E-state index in [4.69, 9.17) is 4.74 Å². The topological polar surface area (TPSA) is 24.5 Å². The van der Waals surface area contributed by atoms with Gasteiger partial charge in [-0.25, -0.2) is 0 Å². The van der Waals surface area contributed by atoms with Crippen LogP contribution >= 0.6 is 0 Å². The molecular formula is C14H30N2O. The van der Waals surface area contributed by atoms with Crippen LogP contribution in [0.2, 0.25) is 0 Å². The highest BCUT2D eigenvalue weighted by Crippen LogP contribution is 2.20. The van der Waals surface area contributed by atoms with Crippen molar-refractivity contribution >= 4 is 0 Å². The van der Waals surface area contributed by atoms with Crippen molar-refractivity contribution in [3.8, 4) is 0 Å². The van der Waals surface area contributed by atoms with Gasteiger partial charge in [0.25, 0.3) is 0 Å². The maximum absolute atomic E-state index is 5.44. The summed E-state index contributed by atoms with van der Waals surface area (Å²) in [7, 11) is 1.81.